The van der Waals surface area contributed by atoms with Crippen LogP contribution in [0, 0.1) is 11.3 Å². The highest BCUT2D eigenvalue weighted by Gasteiger charge is 2.57. The molecule has 1 aliphatic heterocycles. The summed E-state index contributed by atoms with van der Waals surface area (Å²) in [5, 5.41) is 3.01. The minimum atomic E-state index is -0.540. The van der Waals surface area contributed by atoms with Crippen molar-refractivity contribution >= 4 is 42.4 Å². The lowest BCUT2D eigenvalue weighted by atomic mass is 9.81. The van der Waals surface area contributed by atoms with Gasteiger partial charge in [0.1, 0.15) is 0 Å². The molecule has 6 nitrogen and oxygen atoms in total. The fraction of sp³-hybridized carbons (Fsp3) is 0.600. The summed E-state index contributed by atoms with van der Waals surface area (Å²) in [4.78, 5) is 27.0. The van der Waals surface area contributed by atoms with E-state index in [0.717, 1.165) is 31.5 Å². The van der Waals surface area contributed by atoms with Crippen LogP contribution in [0.25, 0.3) is 0 Å². The number of carbonyl (C=O) groups excluding carboxylic acids is 2. The number of hydrogen-bond donors (Lipinski definition) is 2. The Hall–Kier alpha value is -1.34. The molecule has 0 bridgehead atoms. The van der Waals surface area contributed by atoms with Crippen molar-refractivity contribution in [1.29, 1.82) is 0 Å². The van der Waals surface area contributed by atoms with E-state index in [1.807, 2.05) is 6.07 Å². The van der Waals surface area contributed by atoms with E-state index in [9.17, 15) is 9.59 Å². The van der Waals surface area contributed by atoms with E-state index in [4.69, 9.17) is 10.5 Å². The zero-order chi connectivity index (χ0) is 18.3. The molecule has 28 heavy (non-hydrogen) atoms. The number of hydrogen-bond acceptors (Lipinski definition) is 5. The number of nitrogens with two attached hydrogens (primary N) is 1. The minimum absolute atomic E-state index is 0. The van der Waals surface area contributed by atoms with Crippen LogP contribution < -0.4 is 11.1 Å². The Bertz CT molecular complexity index is 745. The third-order valence-electron chi connectivity index (χ3n) is 6.32. The van der Waals surface area contributed by atoms with Crippen LogP contribution in [0.2, 0.25) is 0 Å². The molecule has 0 spiro atoms. The van der Waals surface area contributed by atoms with Gasteiger partial charge < -0.3 is 15.8 Å². The number of nitrogens with zero attached hydrogens (tertiary/aromatic N) is 1. The smallest absolute Gasteiger partial charge is 0.313 e. The maximum absolute atomic E-state index is 12.5. The van der Waals surface area contributed by atoms with E-state index in [1.54, 1.807) is 0 Å². The van der Waals surface area contributed by atoms with Crippen molar-refractivity contribution in [2.75, 3.05) is 32.1 Å². The topological polar surface area (TPSA) is 84.7 Å². The molecule has 0 radical (unpaired) electrons. The molecule has 156 valence electrons. The van der Waals surface area contributed by atoms with E-state index < -0.39 is 5.41 Å². The lowest BCUT2D eigenvalue weighted by Crippen LogP contribution is -2.39. The lowest BCUT2D eigenvalue weighted by Gasteiger charge is -2.25. The van der Waals surface area contributed by atoms with Crippen LogP contribution in [-0.4, -0.2) is 49.6 Å². The van der Waals surface area contributed by atoms with Crippen molar-refractivity contribution in [1.82, 2.24) is 4.90 Å². The second kappa shape index (κ2) is 8.99. The normalized spacial score (nSPS) is 27.9. The summed E-state index contributed by atoms with van der Waals surface area (Å²) in [5.74, 6) is -0.0399. The highest BCUT2D eigenvalue weighted by molar-refractivity contribution is 5.92. The number of anilines is 1. The Morgan fingerprint density at radius 2 is 2.04 bits per heavy atom. The van der Waals surface area contributed by atoms with E-state index in [0.29, 0.717) is 19.5 Å². The van der Waals surface area contributed by atoms with Gasteiger partial charge in [-0.05, 0) is 61.3 Å². The standard InChI is InChI=1S/C20H27N3O3.2ClH/c1-26-19(25)20-9-16(21)8-15(20)10-23(12-20)11-18(24)22-17-6-5-13-3-2-4-14(13)7-17;;/h5-7,15-16H,2-4,8-12,21H2,1H3,(H,22,24);2*1H/t15-,16+,20-;;/m0../s1. The van der Waals surface area contributed by atoms with E-state index in [-0.39, 0.29) is 48.7 Å². The molecule has 0 unspecified atom stereocenters. The first kappa shape index (κ1) is 22.9. The van der Waals surface area contributed by atoms with Gasteiger partial charge in [-0.3, -0.25) is 14.5 Å². The summed E-state index contributed by atoms with van der Waals surface area (Å²) in [6.07, 6.45) is 4.89. The van der Waals surface area contributed by atoms with Gasteiger partial charge in [0.25, 0.3) is 0 Å². The van der Waals surface area contributed by atoms with Crippen molar-refractivity contribution in [3.05, 3.63) is 29.3 Å². The number of likely N-dealkylation sites (tertiary alicyclic amines) is 1. The first-order valence-corrected chi connectivity index (χ1v) is 9.48. The van der Waals surface area contributed by atoms with Crippen molar-refractivity contribution in [3.8, 4) is 0 Å². The molecule has 1 saturated carbocycles. The van der Waals surface area contributed by atoms with Crippen LogP contribution in [0.3, 0.4) is 0 Å². The summed E-state index contributed by atoms with van der Waals surface area (Å²) < 4.78 is 5.06. The highest BCUT2D eigenvalue weighted by atomic mass is 35.5. The number of rotatable bonds is 4. The minimum Gasteiger partial charge on any atom is -0.469 e. The average Bonchev–Trinajstić information content (AvgIpc) is 3.26. The van der Waals surface area contributed by atoms with Crippen LogP contribution >= 0.6 is 24.8 Å². The molecule has 1 saturated heterocycles. The summed E-state index contributed by atoms with van der Waals surface area (Å²) in [6.45, 7) is 1.57. The van der Waals surface area contributed by atoms with Crippen LogP contribution in [0.15, 0.2) is 18.2 Å². The number of nitrogens with one attached hydrogen (secondary N) is 1. The number of amides is 1. The Morgan fingerprint density at radius 1 is 1.29 bits per heavy atom. The Balaban J connectivity index is 0.00000140. The van der Waals surface area contributed by atoms with Crippen molar-refractivity contribution in [2.24, 2.45) is 17.1 Å². The van der Waals surface area contributed by atoms with Gasteiger partial charge in [0.05, 0.1) is 19.1 Å². The number of ether oxygens (including phenoxy) is 1. The maximum Gasteiger partial charge on any atom is 0.313 e. The van der Waals surface area contributed by atoms with Gasteiger partial charge in [0.15, 0.2) is 0 Å². The number of benzene rings is 1. The predicted molar refractivity (Wildman–Crippen MR) is 113 cm³/mol. The summed E-state index contributed by atoms with van der Waals surface area (Å²) in [5.41, 5.74) is 9.15. The monoisotopic (exact) mass is 429 g/mol. The Labute approximate surface area is 178 Å². The summed E-state index contributed by atoms with van der Waals surface area (Å²) >= 11 is 0. The molecule has 0 aromatic heterocycles. The molecule has 3 N–H and O–H groups in total. The molecular formula is C20H29Cl2N3O3. The van der Waals surface area contributed by atoms with Crippen molar-refractivity contribution < 1.29 is 14.3 Å². The molecule has 4 rings (SSSR count). The van der Waals surface area contributed by atoms with Gasteiger partial charge >= 0.3 is 5.97 Å². The summed E-state index contributed by atoms with van der Waals surface area (Å²) in [6, 6.07) is 6.23. The second-order valence-electron chi connectivity index (χ2n) is 8.10. The second-order valence-corrected chi connectivity index (χ2v) is 8.10. The van der Waals surface area contributed by atoms with Crippen molar-refractivity contribution in [3.63, 3.8) is 0 Å². The van der Waals surface area contributed by atoms with E-state index in [2.05, 4.69) is 22.3 Å². The molecule has 1 aromatic rings. The Kier molecular flexibility index (Phi) is 7.37. The number of halogens is 2. The average molecular weight is 430 g/mol. The fourth-order valence-electron chi connectivity index (χ4n) is 5.22. The Morgan fingerprint density at radius 3 is 2.79 bits per heavy atom. The third kappa shape index (κ3) is 4.15. The molecule has 1 heterocycles. The van der Waals surface area contributed by atoms with Gasteiger partial charge in [0, 0.05) is 24.8 Å². The highest BCUT2D eigenvalue weighted by Crippen LogP contribution is 2.48. The van der Waals surface area contributed by atoms with Gasteiger partial charge in [-0.15, -0.1) is 24.8 Å². The zero-order valence-electron chi connectivity index (χ0n) is 16.1. The zero-order valence-corrected chi connectivity index (χ0v) is 17.7. The largest absolute Gasteiger partial charge is 0.469 e. The molecule has 1 amide bonds. The molecule has 2 fully saturated rings. The number of fused-ring (bicyclic) bond motifs is 2. The van der Waals surface area contributed by atoms with Gasteiger partial charge in [0.2, 0.25) is 5.91 Å². The van der Waals surface area contributed by atoms with Crippen molar-refractivity contribution in [2.45, 2.75) is 38.1 Å². The SMILES string of the molecule is COC(=O)[C@]12C[C@H](N)C[C@H]1CN(CC(=O)Nc1ccc3c(c1)CCC3)C2.Cl.Cl. The molecular weight excluding hydrogens is 401 g/mol. The molecule has 1 aromatic carbocycles. The summed E-state index contributed by atoms with van der Waals surface area (Å²) in [7, 11) is 1.43. The first-order valence-electron chi connectivity index (χ1n) is 9.48. The van der Waals surface area contributed by atoms with E-state index in [1.165, 1.54) is 24.7 Å². The molecule has 2 aliphatic carbocycles. The van der Waals surface area contributed by atoms with E-state index >= 15 is 0 Å². The van der Waals surface area contributed by atoms with Gasteiger partial charge in [-0.1, -0.05) is 6.07 Å². The first-order chi connectivity index (χ1) is 12.5. The molecule has 3 atom stereocenters. The molecule has 8 heteroatoms. The number of aryl methyl sites for hydroxylation is 2. The predicted octanol–water partition coefficient (Wildman–Crippen LogP) is 2.17. The van der Waals surface area contributed by atoms with Gasteiger partial charge in [-0.25, -0.2) is 0 Å². The third-order valence-corrected chi connectivity index (χ3v) is 6.32. The maximum atomic E-state index is 12.5. The van der Waals surface area contributed by atoms with Crippen LogP contribution in [0.1, 0.15) is 30.4 Å². The van der Waals surface area contributed by atoms with Crippen LogP contribution in [0.4, 0.5) is 5.69 Å². The number of methoxy groups -OCH3 is 1. The number of carbonyl (C=O) groups is 2. The van der Waals surface area contributed by atoms with Crippen LogP contribution in [0.5, 0.6) is 0 Å². The molecule has 3 aliphatic rings. The quantitative estimate of drug-likeness (QED) is 0.716. The number of esters is 1. The fourth-order valence-corrected chi connectivity index (χ4v) is 5.22. The van der Waals surface area contributed by atoms with Crippen LogP contribution in [-0.2, 0) is 27.2 Å². The lowest BCUT2D eigenvalue weighted by molar-refractivity contribution is -0.153. The van der Waals surface area contributed by atoms with Gasteiger partial charge in [-0.2, -0.15) is 0 Å².